The second-order valence-corrected chi connectivity index (χ2v) is 4.05. The van der Waals surface area contributed by atoms with Gasteiger partial charge in [-0.15, -0.1) is 0 Å². The highest BCUT2D eigenvalue weighted by Gasteiger charge is 2.30. The minimum absolute atomic E-state index is 0.0175. The Labute approximate surface area is 92.8 Å². The van der Waals surface area contributed by atoms with Crippen molar-refractivity contribution in [1.82, 2.24) is 4.90 Å². The lowest BCUT2D eigenvalue weighted by Gasteiger charge is -2.30. The molecule has 0 heterocycles. The fraction of sp³-hybridized carbons (Fsp3) is 0.909. The molecule has 0 aliphatic carbocycles. The van der Waals surface area contributed by atoms with Gasteiger partial charge in [0, 0.05) is 20.2 Å². The molecule has 0 saturated heterocycles. The van der Waals surface area contributed by atoms with Crippen molar-refractivity contribution in [2.45, 2.75) is 39.2 Å². The van der Waals surface area contributed by atoms with Crippen molar-refractivity contribution in [3.05, 3.63) is 0 Å². The van der Waals surface area contributed by atoms with Crippen LogP contribution < -0.4 is 5.73 Å². The van der Waals surface area contributed by atoms with Crippen LogP contribution in [0.25, 0.3) is 0 Å². The van der Waals surface area contributed by atoms with Gasteiger partial charge in [-0.3, -0.25) is 4.79 Å². The van der Waals surface area contributed by atoms with Gasteiger partial charge in [0.25, 0.3) is 0 Å². The highest BCUT2D eigenvalue weighted by atomic mass is 16.5. The first-order valence-corrected chi connectivity index (χ1v) is 5.56. The maximum absolute atomic E-state index is 12.0. The number of methoxy groups -OCH3 is 1. The Morgan fingerprint density at radius 2 is 2.07 bits per heavy atom. The Balaban J connectivity index is 4.35. The molecule has 0 aromatic rings. The fourth-order valence-corrected chi connectivity index (χ4v) is 1.59. The van der Waals surface area contributed by atoms with Crippen molar-refractivity contribution in [1.29, 1.82) is 0 Å². The average Bonchev–Trinajstić information content (AvgIpc) is 2.18. The summed E-state index contributed by atoms with van der Waals surface area (Å²) in [7, 11) is 1.63. The molecule has 0 aromatic heterocycles. The molecule has 0 radical (unpaired) electrons. The normalized spacial score (nSPS) is 14.7. The van der Waals surface area contributed by atoms with Gasteiger partial charge in [0.2, 0.25) is 5.91 Å². The highest BCUT2D eigenvalue weighted by Crippen LogP contribution is 2.12. The highest BCUT2D eigenvalue weighted by molar-refractivity contribution is 5.85. The van der Waals surface area contributed by atoms with Crippen LogP contribution in [0.15, 0.2) is 0 Å². The first-order chi connectivity index (χ1) is 6.99. The van der Waals surface area contributed by atoms with Gasteiger partial charge in [0.15, 0.2) is 0 Å². The summed E-state index contributed by atoms with van der Waals surface area (Å²) < 4.78 is 4.96. The molecule has 4 heteroatoms. The quantitative estimate of drug-likeness (QED) is 0.690. The summed E-state index contributed by atoms with van der Waals surface area (Å²) in [6, 6.07) is 0. The Morgan fingerprint density at radius 1 is 1.47 bits per heavy atom. The second-order valence-electron chi connectivity index (χ2n) is 4.05. The predicted octanol–water partition coefficient (Wildman–Crippen LogP) is 0.999. The van der Waals surface area contributed by atoms with Gasteiger partial charge >= 0.3 is 0 Å². The lowest BCUT2D eigenvalue weighted by atomic mass is 9.96. The Kier molecular flexibility index (Phi) is 6.52. The minimum atomic E-state index is -0.738. The monoisotopic (exact) mass is 216 g/mol. The molecular formula is C11H24N2O2. The number of carbonyl (C=O) groups excluding carboxylic acids is 1. The van der Waals surface area contributed by atoms with Crippen LogP contribution >= 0.6 is 0 Å². The van der Waals surface area contributed by atoms with Gasteiger partial charge in [0.05, 0.1) is 12.1 Å². The number of rotatable bonds is 7. The van der Waals surface area contributed by atoms with Crippen LogP contribution in [0, 0.1) is 0 Å². The molecule has 0 saturated carbocycles. The summed E-state index contributed by atoms with van der Waals surface area (Å²) in [6.45, 7) is 7.64. The third-order valence-corrected chi connectivity index (χ3v) is 2.49. The number of hydrogen-bond acceptors (Lipinski definition) is 3. The van der Waals surface area contributed by atoms with Crippen LogP contribution in [0.1, 0.15) is 33.6 Å². The first kappa shape index (κ1) is 14.4. The second kappa shape index (κ2) is 6.80. The lowest BCUT2D eigenvalue weighted by Crippen LogP contribution is -2.53. The van der Waals surface area contributed by atoms with Crippen molar-refractivity contribution in [2.24, 2.45) is 5.73 Å². The van der Waals surface area contributed by atoms with Crippen LogP contribution in [-0.2, 0) is 9.53 Å². The summed E-state index contributed by atoms with van der Waals surface area (Å²) in [4.78, 5) is 13.8. The van der Waals surface area contributed by atoms with E-state index in [1.54, 1.807) is 18.9 Å². The Hall–Kier alpha value is -0.610. The van der Waals surface area contributed by atoms with E-state index in [-0.39, 0.29) is 5.91 Å². The predicted molar refractivity (Wildman–Crippen MR) is 61.6 cm³/mol. The summed E-state index contributed by atoms with van der Waals surface area (Å²) in [5.41, 5.74) is 5.25. The summed E-state index contributed by atoms with van der Waals surface area (Å²) >= 11 is 0. The molecule has 0 aliphatic rings. The van der Waals surface area contributed by atoms with Crippen molar-refractivity contribution in [3.8, 4) is 0 Å². The molecular weight excluding hydrogens is 192 g/mol. The van der Waals surface area contributed by atoms with Gasteiger partial charge < -0.3 is 15.4 Å². The zero-order chi connectivity index (χ0) is 11.9. The molecule has 0 rings (SSSR count). The Morgan fingerprint density at radius 3 is 2.47 bits per heavy atom. The molecule has 1 unspecified atom stereocenters. The molecule has 90 valence electrons. The summed E-state index contributed by atoms with van der Waals surface area (Å²) in [5, 5.41) is 0. The molecule has 0 aromatic carbocycles. The zero-order valence-electron chi connectivity index (χ0n) is 10.4. The van der Waals surface area contributed by atoms with Gasteiger partial charge in [-0.2, -0.15) is 0 Å². The standard InChI is InChI=1S/C11H24N2O2/c1-5-7-11(3,12)10(14)13(6-2)8-9-15-4/h5-9,12H2,1-4H3. The molecule has 2 N–H and O–H groups in total. The number of nitrogens with two attached hydrogens (primary N) is 1. The van der Waals surface area contributed by atoms with Crippen LogP contribution in [0.5, 0.6) is 0 Å². The number of carbonyl (C=O) groups is 1. The third kappa shape index (κ3) is 4.62. The van der Waals surface area contributed by atoms with E-state index in [9.17, 15) is 4.79 Å². The summed E-state index contributed by atoms with van der Waals surface area (Å²) in [6.07, 6.45) is 1.63. The molecule has 0 aliphatic heterocycles. The average molecular weight is 216 g/mol. The molecule has 1 atom stereocenters. The topological polar surface area (TPSA) is 55.6 Å². The van der Waals surface area contributed by atoms with Gasteiger partial charge in [0.1, 0.15) is 0 Å². The summed E-state index contributed by atoms with van der Waals surface area (Å²) in [5.74, 6) is 0.0175. The maximum atomic E-state index is 12.0. The molecule has 1 amide bonds. The van der Waals surface area contributed by atoms with Crippen molar-refractivity contribution in [2.75, 3.05) is 26.8 Å². The van der Waals surface area contributed by atoms with E-state index in [2.05, 4.69) is 0 Å². The van der Waals surface area contributed by atoms with Gasteiger partial charge in [-0.1, -0.05) is 13.3 Å². The molecule has 0 spiro atoms. The molecule has 0 bridgehead atoms. The van der Waals surface area contributed by atoms with Gasteiger partial charge in [-0.05, 0) is 20.3 Å². The molecule has 4 nitrogen and oxygen atoms in total. The van der Waals surface area contributed by atoms with Crippen LogP contribution in [0.3, 0.4) is 0 Å². The molecule has 15 heavy (non-hydrogen) atoms. The van der Waals surface area contributed by atoms with Crippen molar-refractivity contribution >= 4 is 5.91 Å². The Bertz CT molecular complexity index is 193. The van der Waals surface area contributed by atoms with Crippen LogP contribution in [0.4, 0.5) is 0 Å². The molecule has 0 fully saturated rings. The van der Waals surface area contributed by atoms with E-state index >= 15 is 0 Å². The van der Waals surface area contributed by atoms with E-state index in [0.29, 0.717) is 19.7 Å². The SMILES string of the molecule is CCCC(C)(N)C(=O)N(CC)CCOC. The number of hydrogen-bond donors (Lipinski definition) is 1. The zero-order valence-corrected chi connectivity index (χ0v) is 10.4. The first-order valence-electron chi connectivity index (χ1n) is 5.56. The van der Waals surface area contributed by atoms with E-state index in [4.69, 9.17) is 10.5 Å². The largest absolute Gasteiger partial charge is 0.383 e. The lowest BCUT2D eigenvalue weighted by molar-refractivity contribution is -0.137. The van der Waals surface area contributed by atoms with E-state index in [0.717, 1.165) is 12.8 Å². The van der Waals surface area contributed by atoms with Crippen LogP contribution in [0.2, 0.25) is 0 Å². The maximum Gasteiger partial charge on any atom is 0.242 e. The number of nitrogens with zero attached hydrogens (tertiary/aromatic N) is 1. The third-order valence-electron chi connectivity index (χ3n) is 2.49. The van der Waals surface area contributed by atoms with Crippen molar-refractivity contribution in [3.63, 3.8) is 0 Å². The van der Waals surface area contributed by atoms with E-state index < -0.39 is 5.54 Å². The fourth-order valence-electron chi connectivity index (χ4n) is 1.59. The van der Waals surface area contributed by atoms with Crippen LogP contribution in [-0.4, -0.2) is 43.2 Å². The number of ether oxygens (including phenoxy) is 1. The minimum Gasteiger partial charge on any atom is -0.383 e. The van der Waals surface area contributed by atoms with Gasteiger partial charge in [-0.25, -0.2) is 0 Å². The number of likely N-dealkylation sites (N-methyl/N-ethyl adjacent to an activating group) is 1. The number of amides is 1. The smallest absolute Gasteiger partial charge is 0.242 e. The van der Waals surface area contributed by atoms with Crippen molar-refractivity contribution < 1.29 is 9.53 Å². The van der Waals surface area contributed by atoms with E-state index in [1.807, 2.05) is 13.8 Å². The van der Waals surface area contributed by atoms with E-state index in [1.165, 1.54) is 0 Å².